The van der Waals surface area contributed by atoms with E-state index in [-0.39, 0.29) is 0 Å². The Morgan fingerprint density at radius 1 is 1.17 bits per heavy atom. The predicted molar refractivity (Wildman–Crippen MR) is 79.1 cm³/mol. The van der Waals surface area contributed by atoms with Gasteiger partial charge in [0.2, 0.25) is 0 Å². The molecule has 100 valence electrons. The number of unbranched alkanes of at least 4 members (excludes halogenated alkanes) is 1. The van der Waals surface area contributed by atoms with Crippen LogP contribution in [0.15, 0.2) is 24.3 Å². The molecule has 1 saturated heterocycles. The molecule has 2 heteroatoms. The quantitative estimate of drug-likeness (QED) is 0.803. The molecule has 18 heavy (non-hydrogen) atoms. The van der Waals surface area contributed by atoms with Gasteiger partial charge in [0.15, 0.2) is 0 Å². The minimum Gasteiger partial charge on any atom is -0.385 e. The van der Waals surface area contributed by atoms with E-state index in [1.807, 2.05) is 0 Å². The Balaban J connectivity index is 1.75. The first-order valence-corrected chi connectivity index (χ1v) is 7.42. The van der Waals surface area contributed by atoms with E-state index in [0.717, 1.165) is 12.5 Å². The molecule has 0 aromatic heterocycles. The van der Waals surface area contributed by atoms with Gasteiger partial charge in [-0.05, 0) is 62.4 Å². The van der Waals surface area contributed by atoms with E-state index in [1.165, 1.54) is 56.4 Å². The molecule has 1 aromatic carbocycles. The number of piperidine rings is 1. The predicted octanol–water partition coefficient (Wildman–Crippen LogP) is 3.44. The van der Waals surface area contributed by atoms with Gasteiger partial charge in [0, 0.05) is 12.2 Å². The summed E-state index contributed by atoms with van der Waals surface area (Å²) in [7, 11) is 0. The Hall–Kier alpha value is -1.02. The number of hydrogen-bond donors (Lipinski definition) is 2. The van der Waals surface area contributed by atoms with E-state index in [2.05, 4.69) is 41.8 Å². The average molecular weight is 246 g/mol. The highest BCUT2D eigenvalue weighted by molar-refractivity contribution is 5.44. The van der Waals surface area contributed by atoms with Crippen LogP contribution < -0.4 is 10.6 Å². The summed E-state index contributed by atoms with van der Waals surface area (Å²) in [5.41, 5.74) is 2.73. The lowest BCUT2D eigenvalue weighted by atomic mass is 9.98. The molecule has 1 aromatic rings. The van der Waals surface area contributed by atoms with Gasteiger partial charge < -0.3 is 10.6 Å². The second kappa shape index (κ2) is 7.42. The largest absolute Gasteiger partial charge is 0.385 e. The molecule has 0 bridgehead atoms. The molecule has 1 fully saturated rings. The van der Waals surface area contributed by atoms with Crippen molar-refractivity contribution < 1.29 is 0 Å². The zero-order valence-corrected chi connectivity index (χ0v) is 11.5. The number of nitrogens with one attached hydrogen (secondary N) is 2. The van der Waals surface area contributed by atoms with E-state index in [0.29, 0.717) is 0 Å². The molecule has 2 nitrogen and oxygen atoms in total. The fourth-order valence-corrected chi connectivity index (χ4v) is 2.52. The van der Waals surface area contributed by atoms with Crippen molar-refractivity contribution in [3.63, 3.8) is 0 Å². The average Bonchev–Trinajstić information content (AvgIpc) is 2.45. The highest BCUT2D eigenvalue weighted by atomic mass is 14.9. The molecular weight excluding hydrogens is 220 g/mol. The van der Waals surface area contributed by atoms with Crippen LogP contribution in [0.25, 0.3) is 0 Å². The van der Waals surface area contributed by atoms with Gasteiger partial charge in [0.05, 0.1) is 0 Å². The topological polar surface area (TPSA) is 24.1 Å². The molecule has 1 aliphatic rings. The van der Waals surface area contributed by atoms with E-state index < -0.39 is 0 Å². The summed E-state index contributed by atoms with van der Waals surface area (Å²) < 4.78 is 0. The van der Waals surface area contributed by atoms with Crippen LogP contribution in [0.4, 0.5) is 5.69 Å². The van der Waals surface area contributed by atoms with Crippen molar-refractivity contribution in [2.75, 3.05) is 25.0 Å². The normalized spacial score (nSPS) is 16.7. The fourth-order valence-electron chi connectivity index (χ4n) is 2.52. The van der Waals surface area contributed by atoms with Crippen molar-refractivity contribution in [3.8, 4) is 0 Å². The fraction of sp³-hybridized carbons (Fsp3) is 0.625. The van der Waals surface area contributed by atoms with Crippen LogP contribution >= 0.6 is 0 Å². The summed E-state index contributed by atoms with van der Waals surface area (Å²) in [6, 6.07) is 8.99. The first-order valence-electron chi connectivity index (χ1n) is 7.42. The molecule has 0 unspecified atom stereocenters. The maximum Gasteiger partial charge on any atom is 0.0340 e. The third kappa shape index (κ3) is 4.34. The van der Waals surface area contributed by atoms with Gasteiger partial charge >= 0.3 is 0 Å². The summed E-state index contributed by atoms with van der Waals surface area (Å²) in [6.07, 6.45) is 6.39. The maximum absolute atomic E-state index is 3.57. The van der Waals surface area contributed by atoms with Crippen LogP contribution in [0.2, 0.25) is 0 Å². The second-order valence-electron chi connectivity index (χ2n) is 5.37. The lowest BCUT2D eigenvalue weighted by molar-refractivity contribution is 0.390. The van der Waals surface area contributed by atoms with Gasteiger partial charge in [-0.15, -0.1) is 0 Å². The molecule has 0 amide bonds. The van der Waals surface area contributed by atoms with Crippen molar-refractivity contribution in [2.45, 2.75) is 39.0 Å². The van der Waals surface area contributed by atoms with Gasteiger partial charge in [-0.1, -0.05) is 25.5 Å². The highest BCUT2D eigenvalue weighted by Crippen LogP contribution is 2.15. The molecule has 0 aliphatic carbocycles. The number of benzene rings is 1. The Bertz CT molecular complexity index is 325. The summed E-state index contributed by atoms with van der Waals surface area (Å²) in [5, 5.41) is 6.98. The minimum absolute atomic E-state index is 0.839. The smallest absolute Gasteiger partial charge is 0.0340 e. The Morgan fingerprint density at radius 3 is 2.56 bits per heavy atom. The van der Waals surface area contributed by atoms with Crippen LogP contribution in [0, 0.1) is 5.92 Å². The number of hydrogen-bond acceptors (Lipinski definition) is 2. The molecule has 2 N–H and O–H groups in total. The van der Waals surface area contributed by atoms with E-state index >= 15 is 0 Å². The second-order valence-corrected chi connectivity index (χ2v) is 5.37. The SMILES string of the molecule is CCCCc1ccc(NCC2CCNCC2)cc1. The van der Waals surface area contributed by atoms with E-state index in [1.54, 1.807) is 0 Å². The lowest BCUT2D eigenvalue weighted by Crippen LogP contribution is -2.31. The molecule has 0 atom stereocenters. The number of aryl methyl sites for hydroxylation is 1. The van der Waals surface area contributed by atoms with Crippen molar-refractivity contribution in [2.24, 2.45) is 5.92 Å². The molecule has 1 aliphatic heterocycles. The summed E-state index contributed by atoms with van der Waals surface area (Å²) in [4.78, 5) is 0. The Kier molecular flexibility index (Phi) is 5.53. The highest BCUT2D eigenvalue weighted by Gasteiger charge is 2.12. The van der Waals surface area contributed by atoms with Crippen molar-refractivity contribution in [1.82, 2.24) is 5.32 Å². The molecular formula is C16H26N2. The monoisotopic (exact) mass is 246 g/mol. The van der Waals surface area contributed by atoms with Crippen molar-refractivity contribution in [3.05, 3.63) is 29.8 Å². The number of anilines is 1. The first-order chi connectivity index (χ1) is 8.88. The van der Waals surface area contributed by atoms with Crippen LogP contribution in [0.1, 0.15) is 38.2 Å². The molecule has 0 radical (unpaired) electrons. The first kappa shape index (κ1) is 13.4. The summed E-state index contributed by atoms with van der Waals surface area (Å²) in [6.45, 7) is 5.73. The third-order valence-corrected chi connectivity index (χ3v) is 3.83. The van der Waals surface area contributed by atoms with Crippen LogP contribution in [-0.2, 0) is 6.42 Å². The van der Waals surface area contributed by atoms with Crippen LogP contribution in [-0.4, -0.2) is 19.6 Å². The molecule has 0 spiro atoms. The summed E-state index contributed by atoms with van der Waals surface area (Å²) >= 11 is 0. The van der Waals surface area contributed by atoms with Gasteiger partial charge in [-0.25, -0.2) is 0 Å². The minimum atomic E-state index is 0.839. The van der Waals surface area contributed by atoms with Gasteiger partial charge in [-0.3, -0.25) is 0 Å². The van der Waals surface area contributed by atoms with Gasteiger partial charge in [-0.2, -0.15) is 0 Å². The molecule has 0 saturated carbocycles. The standard InChI is InChI=1S/C16H26N2/c1-2-3-4-14-5-7-16(8-6-14)18-13-15-9-11-17-12-10-15/h5-8,15,17-18H,2-4,9-13H2,1H3. The van der Waals surface area contributed by atoms with Crippen LogP contribution in [0.3, 0.4) is 0 Å². The zero-order valence-electron chi connectivity index (χ0n) is 11.5. The summed E-state index contributed by atoms with van der Waals surface area (Å²) in [5.74, 6) is 0.839. The zero-order chi connectivity index (χ0) is 12.6. The lowest BCUT2D eigenvalue weighted by Gasteiger charge is -2.23. The van der Waals surface area contributed by atoms with E-state index in [9.17, 15) is 0 Å². The van der Waals surface area contributed by atoms with Crippen molar-refractivity contribution in [1.29, 1.82) is 0 Å². The van der Waals surface area contributed by atoms with Gasteiger partial charge in [0.1, 0.15) is 0 Å². The van der Waals surface area contributed by atoms with Crippen LogP contribution in [0.5, 0.6) is 0 Å². The van der Waals surface area contributed by atoms with Crippen molar-refractivity contribution >= 4 is 5.69 Å². The third-order valence-electron chi connectivity index (χ3n) is 3.83. The Morgan fingerprint density at radius 2 is 1.89 bits per heavy atom. The Labute approximate surface area is 111 Å². The molecule has 2 rings (SSSR count). The maximum atomic E-state index is 3.57. The van der Waals surface area contributed by atoms with E-state index in [4.69, 9.17) is 0 Å². The molecule has 1 heterocycles. The van der Waals surface area contributed by atoms with Gasteiger partial charge in [0.25, 0.3) is 0 Å². The number of rotatable bonds is 6.